The lowest BCUT2D eigenvalue weighted by molar-refractivity contribution is 0.141. The summed E-state index contributed by atoms with van der Waals surface area (Å²) < 4.78 is 0. The van der Waals surface area contributed by atoms with E-state index in [1.807, 2.05) is 0 Å². The number of nitrogens with two attached hydrogens (primary N) is 1. The molecule has 1 aliphatic rings. The number of rotatable bonds is 4. The topological polar surface area (TPSA) is 53.6 Å². The van der Waals surface area contributed by atoms with E-state index in [9.17, 15) is 0 Å². The summed E-state index contributed by atoms with van der Waals surface area (Å²) in [7, 11) is 0. The Hall–Kier alpha value is -0.820. The highest BCUT2D eigenvalue weighted by Gasteiger charge is 2.24. The molecule has 0 bridgehead atoms. The summed E-state index contributed by atoms with van der Waals surface area (Å²) in [4.78, 5) is 7.18. The first kappa shape index (κ1) is 21.2. The molecule has 1 aromatic carbocycles. The smallest absolute Gasteiger partial charge is 0.189 e. The average Bonchev–Trinajstić information content (AvgIpc) is 2.48. The van der Waals surface area contributed by atoms with Gasteiger partial charge in [0, 0.05) is 5.54 Å². The van der Waals surface area contributed by atoms with Crippen molar-refractivity contribution >= 4 is 29.9 Å². The minimum Gasteiger partial charge on any atom is -0.370 e. The molecule has 0 aliphatic carbocycles. The second-order valence-corrected chi connectivity index (χ2v) is 7.75. The third-order valence-corrected chi connectivity index (χ3v) is 4.38. The Morgan fingerprint density at radius 1 is 1.25 bits per heavy atom. The van der Waals surface area contributed by atoms with Crippen LogP contribution in [0.5, 0.6) is 0 Å². The second-order valence-electron chi connectivity index (χ2n) is 7.75. The van der Waals surface area contributed by atoms with E-state index < -0.39 is 0 Å². The molecule has 0 aromatic heterocycles. The Morgan fingerprint density at radius 2 is 1.83 bits per heavy atom. The van der Waals surface area contributed by atoms with Gasteiger partial charge in [-0.25, -0.2) is 0 Å². The number of guanidine groups is 1. The van der Waals surface area contributed by atoms with Crippen molar-refractivity contribution in [3.8, 4) is 0 Å². The van der Waals surface area contributed by atoms with Crippen LogP contribution in [0.3, 0.4) is 0 Å². The molecular formula is C19H33IN4. The maximum Gasteiger partial charge on any atom is 0.189 e. The molecule has 0 saturated carbocycles. The van der Waals surface area contributed by atoms with Gasteiger partial charge in [-0.1, -0.05) is 37.3 Å². The minimum absolute atomic E-state index is 0. The first-order chi connectivity index (χ1) is 10.8. The molecule has 1 fully saturated rings. The zero-order valence-electron chi connectivity index (χ0n) is 15.5. The van der Waals surface area contributed by atoms with E-state index in [0.29, 0.717) is 18.5 Å². The molecular weight excluding hydrogens is 411 g/mol. The van der Waals surface area contributed by atoms with E-state index >= 15 is 0 Å². The minimum atomic E-state index is -0.0591. The SMILES string of the molecule is CC1CCN(C(CN=C(N)NC(C)(C)C)c2ccccc2)CC1.I. The number of nitrogens with zero attached hydrogens (tertiary/aromatic N) is 2. The molecule has 1 saturated heterocycles. The van der Waals surface area contributed by atoms with Gasteiger partial charge in [0.15, 0.2) is 5.96 Å². The fourth-order valence-corrected chi connectivity index (χ4v) is 3.06. The molecule has 0 amide bonds. The second kappa shape index (κ2) is 9.61. The third kappa shape index (κ3) is 6.97. The first-order valence-corrected chi connectivity index (χ1v) is 8.72. The molecule has 2 rings (SSSR count). The maximum atomic E-state index is 6.06. The van der Waals surface area contributed by atoms with Gasteiger partial charge in [-0.15, -0.1) is 24.0 Å². The number of benzene rings is 1. The molecule has 1 aromatic rings. The van der Waals surface area contributed by atoms with E-state index in [2.05, 4.69) is 73.2 Å². The van der Waals surface area contributed by atoms with Gasteiger partial charge < -0.3 is 11.1 Å². The number of hydrogen-bond donors (Lipinski definition) is 2. The molecule has 24 heavy (non-hydrogen) atoms. The molecule has 1 aliphatic heterocycles. The van der Waals surface area contributed by atoms with Crippen LogP contribution < -0.4 is 11.1 Å². The maximum absolute atomic E-state index is 6.06. The Kier molecular flexibility index (Phi) is 8.50. The normalized spacial score (nSPS) is 18.8. The highest BCUT2D eigenvalue weighted by atomic mass is 127. The quantitative estimate of drug-likeness (QED) is 0.422. The Labute approximate surface area is 164 Å². The summed E-state index contributed by atoms with van der Waals surface area (Å²) in [5.74, 6) is 1.36. The van der Waals surface area contributed by atoms with Crippen LogP contribution in [0.1, 0.15) is 52.1 Å². The van der Waals surface area contributed by atoms with Gasteiger partial charge in [-0.3, -0.25) is 9.89 Å². The van der Waals surface area contributed by atoms with Crippen LogP contribution in [-0.2, 0) is 0 Å². The molecule has 0 spiro atoms. The highest BCUT2D eigenvalue weighted by molar-refractivity contribution is 14.0. The predicted octanol–water partition coefficient (Wildman–Crippen LogP) is 3.78. The van der Waals surface area contributed by atoms with Crippen molar-refractivity contribution in [2.75, 3.05) is 19.6 Å². The van der Waals surface area contributed by atoms with Gasteiger partial charge in [-0.05, 0) is 58.2 Å². The zero-order valence-corrected chi connectivity index (χ0v) is 17.8. The van der Waals surface area contributed by atoms with Crippen LogP contribution in [0, 0.1) is 5.92 Å². The predicted molar refractivity (Wildman–Crippen MR) is 114 cm³/mol. The lowest BCUT2D eigenvalue weighted by Crippen LogP contribution is -2.45. The van der Waals surface area contributed by atoms with E-state index in [-0.39, 0.29) is 29.5 Å². The van der Waals surface area contributed by atoms with Gasteiger partial charge in [0.25, 0.3) is 0 Å². The number of likely N-dealkylation sites (tertiary alicyclic amines) is 1. The summed E-state index contributed by atoms with van der Waals surface area (Å²) in [6.07, 6.45) is 2.53. The average molecular weight is 444 g/mol. The summed E-state index contributed by atoms with van der Waals surface area (Å²) in [5.41, 5.74) is 7.33. The molecule has 3 N–H and O–H groups in total. The van der Waals surface area contributed by atoms with Crippen LogP contribution in [0.2, 0.25) is 0 Å². The van der Waals surface area contributed by atoms with Crippen LogP contribution >= 0.6 is 24.0 Å². The number of halogens is 1. The lowest BCUT2D eigenvalue weighted by Gasteiger charge is -2.36. The van der Waals surface area contributed by atoms with Crippen LogP contribution in [0.25, 0.3) is 0 Å². The van der Waals surface area contributed by atoms with Gasteiger partial charge in [0.2, 0.25) is 0 Å². The van der Waals surface area contributed by atoms with Crippen molar-refractivity contribution in [1.29, 1.82) is 0 Å². The van der Waals surface area contributed by atoms with Crippen molar-refractivity contribution < 1.29 is 0 Å². The molecule has 4 nitrogen and oxygen atoms in total. The Bertz CT molecular complexity index is 502. The third-order valence-electron chi connectivity index (χ3n) is 4.38. The summed E-state index contributed by atoms with van der Waals surface area (Å²) >= 11 is 0. The summed E-state index contributed by atoms with van der Waals surface area (Å²) in [6.45, 7) is 11.6. The Morgan fingerprint density at radius 3 is 2.38 bits per heavy atom. The standard InChI is InChI=1S/C19H32N4.HI/c1-15-10-12-23(13-11-15)17(16-8-6-5-7-9-16)14-21-18(20)22-19(2,3)4;/h5-9,15,17H,10-14H2,1-4H3,(H3,20,21,22);1H. The van der Waals surface area contributed by atoms with Crippen molar-refractivity contribution in [3.63, 3.8) is 0 Å². The fraction of sp³-hybridized carbons (Fsp3) is 0.632. The summed E-state index contributed by atoms with van der Waals surface area (Å²) in [6, 6.07) is 11.0. The number of hydrogen-bond acceptors (Lipinski definition) is 2. The molecule has 136 valence electrons. The lowest BCUT2D eigenvalue weighted by atomic mass is 9.96. The van der Waals surface area contributed by atoms with Crippen LogP contribution in [0.15, 0.2) is 35.3 Å². The van der Waals surface area contributed by atoms with E-state index in [1.165, 1.54) is 18.4 Å². The van der Waals surface area contributed by atoms with Gasteiger partial charge in [0.1, 0.15) is 0 Å². The van der Waals surface area contributed by atoms with Crippen molar-refractivity contribution in [2.45, 2.75) is 52.1 Å². The monoisotopic (exact) mass is 444 g/mol. The number of piperidine rings is 1. The van der Waals surface area contributed by atoms with Gasteiger partial charge in [0.05, 0.1) is 12.6 Å². The number of aliphatic imine (C=N–C) groups is 1. The van der Waals surface area contributed by atoms with E-state index in [1.54, 1.807) is 0 Å². The van der Waals surface area contributed by atoms with Gasteiger partial charge in [-0.2, -0.15) is 0 Å². The zero-order chi connectivity index (χ0) is 16.9. The van der Waals surface area contributed by atoms with Gasteiger partial charge >= 0.3 is 0 Å². The highest BCUT2D eigenvalue weighted by Crippen LogP contribution is 2.27. The van der Waals surface area contributed by atoms with Crippen LogP contribution in [-0.4, -0.2) is 36.0 Å². The molecule has 1 unspecified atom stereocenters. The summed E-state index contributed by atoms with van der Waals surface area (Å²) in [5, 5.41) is 3.25. The van der Waals surface area contributed by atoms with Crippen molar-refractivity contribution in [3.05, 3.63) is 35.9 Å². The molecule has 1 atom stereocenters. The molecule has 5 heteroatoms. The fourth-order valence-electron chi connectivity index (χ4n) is 3.06. The van der Waals surface area contributed by atoms with Crippen LogP contribution in [0.4, 0.5) is 0 Å². The molecule has 0 radical (unpaired) electrons. The van der Waals surface area contributed by atoms with E-state index in [4.69, 9.17) is 5.73 Å². The van der Waals surface area contributed by atoms with E-state index in [0.717, 1.165) is 19.0 Å². The largest absolute Gasteiger partial charge is 0.370 e. The molecule has 1 heterocycles. The van der Waals surface area contributed by atoms with Crippen molar-refractivity contribution in [1.82, 2.24) is 10.2 Å². The van der Waals surface area contributed by atoms with Crippen molar-refractivity contribution in [2.24, 2.45) is 16.6 Å². The number of nitrogens with one attached hydrogen (secondary N) is 1. The Balaban J connectivity index is 0.00000288. The first-order valence-electron chi connectivity index (χ1n) is 8.72.